The molecule has 59 heavy (non-hydrogen) atoms. The Morgan fingerprint density at radius 2 is 0.780 bits per heavy atom. The van der Waals surface area contributed by atoms with E-state index >= 15 is 0 Å². The maximum absolute atomic E-state index is 2.43. The highest BCUT2D eigenvalue weighted by Gasteiger charge is 2.36. The second kappa shape index (κ2) is 13.9. The van der Waals surface area contributed by atoms with Crippen molar-refractivity contribution in [3.63, 3.8) is 0 Å². The van der Waals surface area contributed by atoms with Crippen LogP contribution in [0.5, 0.6) is 0 Å². The summed E-state index contributed by atoms with van der Waals surface area (Å²) in [5, 5.41) is 0. The third kappa shape index (κ3) is 5.79. The molecule has 0 N–H and O–H groups in total. The van der Waals surface area contributed by atoms with E-state index in [1.807, 2.05) is 0 Å². The zero-order chi connectivity index (χ0) is 39.5. The fraction of sp³-hybridized carbons (Fsp3) is 0.0526. The van der Waals surface area contributed by atoms with Gasteiger partial charge in [0.25, 0.3) is 0 Å². The molecule has 9 aromatic rings. The molecule has 2 aliphatic rings. The molecule has 1 heterocycles. The van der Waals surface area contributed by atoms with Gasteiger partial charge < -0.3 is 9.80 Å². The standard InChI is InChI=1S/C57H42N2/c1-57(2)53-23-13-11-21-49(53)50-36-34-46(38-54(50)57)58(44-30-25-40(26-31-44)39-15-5-3-6-16-39)45-32-27-41(28-33-45)42-29-35-52-48-20-10-9-19-47(48)51-22-12-14-24-55(51)59(56(52)37-42)43-17-7-4-8-18-43/h3-38H,1-2H3. The first-order chi connectivity index (χ1) is 29.0. The number of hydrogen-bond donors (Lipinski definition) is 0. The maximum atomic E-state index is 2.43. The fourth-order valence-corrected chi connectivity index (χ4v) is 9.47. The summed E-state index contributed by atoms with van der Waals surface area (Å²) in [7, 11) is 0. The van der Waals surface area contributed by atoms with Crippen LogP contribution in [0.1, 0.15) is 25.0 Å². The summed E-state index contributed by atoms with van der Waals surface area (Å²) in [6.45, 7) is 4.71. The van der Waals surface area contributed by atoms with Crippen LogP contribution in [0.2, 0.25) is 0 Å². The van der Waals surface area contributed by atoms with Crippen molar-refractivity contribution in [3.05, 3.63) is 230 Å². The number of rotatable bonds is 6. The minimum Gasteiger partial charge on any atom is -0.310 e. The topological polar surface area (TPSA) is 6.48 Å². The number of para-hydroxylation sites is 2. The molecule has 0 aromatic heterocycles. The number of anilines is 6. The third-order valence-electron chi connectivity index (χ3n) is 12.4. The summed E-state index contributed by atoms with van der Waals surface area (Å²) in [6, 6.07) is 79.9. The zero-order valence-electron chi connectivity index (χ0n) is 33.2. The van der Waals surface area contributed by atoms with E-state index in [2.05, 4.69) is 242 Å². The highest BCUT2D eigenvalue weighted by Crippen LogP contribution is 2.53. The molecule has 0 saturated heterocycles. The minimum atomic E-state index is -0.103. The molecular weight excluding hydrogens is 713 g/mol. The van der Waals surface area contributed by atoms with E-state index < -0.39 is 0 Å². The Bertz CT molecular complexity index is 3000. The lowest BCUT2D eigenvalue weighted by atomic mass is 9.82. The van der Waals surface area contributed by atoms with E-state index in [0.29, 0.717) is 0 Å². The van der Waals surface area contributed by atoms with Crippen molar-refractivity contribution >= 4 is 34.1 Å². The van der Waals surface area contributed by atoms with Gasteiger partial charge in [0.05, 0.1) is 11.4 Å². The third-order valence-corrected chi connectivity index (χ3v) is 12.4. The first kappa shape index (κ1) is 34.8. The van der Waals surface area contributed by atoms with Crippen LogP contribution in [0, 0.1) is 0 Å². The van der Waals surface area contributed by atoms with Crippen molar-refractivity contribution in [2.45, 2.75) is 19.3 Å². The smallest absolute Gasteiger partial charge is 0.0546 e. The molecule has 0 amide bonds. The van der Waals surface area contributed by atoms with E-state index in [1.165, 1.54) is 72.4 Å². The van der Waals surface area contributed by atoms with Gasteiger partial charge in [0, 0.05) is 39.3 Å². The van der Waals surface area contributed by atoms with Crippen LogP contribution >= 0.6 is 0 Å². The Labute approximate surface area is 346 Å². The summed E-state index contributed by atoms with van der Waals surface area (Å²) in [5.74, 6) is 0. The highest BCUT2D eigenvalue weighted by molar-refractivity contribution is 6.03. The molecule has 9 aromatic carbocycles. The van der Waals surface area contributed by atoms with Gasteiger partial charge in [-0.2, -0.15) is 0 Å². The SMILES string of the molecule is CC1(C)c2ccccc2-c2ccc(N(c3ccc(-c4ccccc4)cc3)c3ccc(-c4ccc5c(c4)N(c4ccccc4)c4ccccc4-c4ccccc4-5)cc3)cc21. The lowest BCUT2D eigenvalue weighted by Gasteiger charge is -2.29. The molecule has 11 rings (SSSR count). The second-order valence-corrected chi connectivity index (χ2v) is 16.2. The average Bonchev–Trinajstić information content (AvgIpc) is 3.44. The normalized spacial score (nSPS) is 13.0. The van der Waals surface area contributed by atoms with Gasteiger partial charge in [0.2, 0.25) is 0 Å². The van der Waals surface area contributed by atoms with Crippen LogP contribution < -0.4 is 9.80 Å². The number of fused-ring (bicyclic) bond motifs is 8. The van der Waals surface area contributed by atoms with Crippen molar-refractivity contribution in [3.8, 4) is 55.6 Å². The van der Waals surface area contributed by atoms with Gasteiger partial charge >= 0.3 is 0 Å². The molecule has 0 fully saturated rings. The predicted molar refractivity (Wildman–Crippen MR) is 249 cm³/mol. The zero-order valence-corrected chi connectivity index (χ0v) is 33.2. The van der Waals surface area contributed by atoms with Crippen LogP contribution in [0.15, 0.2) is 218 Å². The second-order valence-electron chi connectivity index (χ2n) is 16.2. The Balaban J connectivity index is 1.03. The number of nitrogens with zero attached hydrogens (tertiary/aromatic N) is 2. The largest absolute Gasteiger partial charge is 0.310 e. The van der Waals surface area contributed by atoms with Gasteiger partial charge in [-0.05, 0) is 116 Å². The summed E-state index contributed by atoms with van der Waals surface area (Å²) in [4.78, 5) is 4.83. The Kier molecular flexibility index (Phi) is 8.20. The van der Waals surface area contributed by atoms with Crippen molar-refractivity contribution < 1.29 is 0 Å². The summed E-state index contributed by atoms with van der Waals surface area (Å²) in [6.07, 6.45) is 0. The molecule has 1 aliphatic heterocycles. The van der Waals surface area contributed by atoms with Gasteiger partial charge in [-0.15, -0.1) is 0 Å². The van der Waals surface area contributed by atoms with Gasteiger partial charge in [0.15, 0.2) is 0 Å². The van der Waals surface area contributed by atoms with Crippen LogP contribution in [-0.4, -0.2) is 0 Å². The molecule has 0 unspecified atom stereocenters. The Morgan fingerprint density at radius 3 is 1.46 bits per heavy atom. The highest BCUT2D eigenvalue weighted by atomic mass is 15.2. The molecule has 2 nitrogen and oxygen atoms in total. The van der Waals surface area contributed by atoms with E-state index in [9.17, 15) is 0 Å². The van der Waals surface area contributed by atoms with Crippen LogP contribution in [-0.2, 0) is 5.41 Å². The molecule has 0 radical (unpaired) electrons. The molecule has 2 heteroatoms. The van der Waals surface area contributed by atoms with Gasteiger partial charge in [-0.3, -0.25) is 0 Å². The average molecular weight is 755 g/mol. The fourth-order valence-electron chi connectivity index (χ4n) is 9.47. The van der Waals surface area contributed by atoms with E-state index in [-0.39, 0.29) is 5.41 Å². The maximum Gasteiger partial charge on any atom is 0.0546 e. The van der Waals surface area contributed by atoms with Gasteiger partial charge in [-0.25, -0.2) is 0 Å². The first-order valence-corrected chi connectivity index (χ1v) is 20.5. The quantitative estimate of drug-likeness (QED) is 0.167. The van der Waals surface area contributed by atoms with Crippen LogP contribution in [0.3, 0.4) is 0 Å². The lowest BCUT2D eigenvalue weighted by Crippen LogP contribution is -2.16. The van der Waals surface area contributed by atoms with E-state index in [4.69, 9.17) is 0 Å². The molecule has 280 valence electrons. The number of benzene rings is 9. The summed E-state index contributed by atoms with van der Waals surface area (Å²) in [5.41, 5.74) is 21.8. The molecular formula is C57H42N2. The molecule has 0 bridgehead atoms. The van der Waals surface area contributed by atoms with Gasteiger partial charge in [-0.1, -0.05) is 172 Å². The monoisotopic (exact) mass is 754 g/mol. The van der Waals surface area contributed by atoms with E-state index in [0.717, 1.165) is 28.4 Å². The van der Waals surface area contributed by atoms with Crippen LogP contribution in [0.25, 0.3) is 55.6 Å². The summed E-state index contributed by atoms with van der Waals surface area (Å²) >= 11 is 0. The minimum absolute atomic E-state index is 0.103. The molecule has 0 saturated carbocycles. The predicted octanol–water partition coefficient (Wildman–Crippen LogP) is 15.9. The molecule has 1 aliphatic carbocycles. The Hall–Kier alpha value is -7.42. The van der Waals surface area contributed by atoms with Crippen molar-refractivity contribution in [1.82, 2.24) is 0 Å². The molecule has 0 spiro atoms. The summed E-state index contributed by atoms with van der Waals surface area (Å²) < 4.78 is 0. The first-order valence-electron chi connectivity index (χ1n) is 20.5. The Morgan fingerprint density at radius 1 is 0.322 bits per heavy atom. The number of hydrogen-bond acceptors (Lipinski definition) is 2. The lowest BCUT2D eigenvalue weighted by molar-refractivity contribution is 0.660. The van der Waals surface area contributed by atoms with Gasteiger partial charge in [0.1, 0.15) is 0 Å². The van der Waals surface area contributed by atoms with Crippen molar-refractivity contribution in [2.75, 3.05) is 9.80 Å². The van der Waals surface area contributed by atoms with Crippen molar-refractivity contribution in [2.24, 2.45) is 0 Å². The van der Waals surface area contributed by atoms with E-state index in [1.54, 1.807) is 0 Å². The van der Waals surface area contributed by atoms with Crippen LogP contribution in [0.4, 0.5) is 34.1 Å². The molecule has 0 atom stereocenters. The van der Waals surface area contributed by atoms with Crippen molar-refractivity contribution in [1.29, 1.82) is 0 Å².